The Morgan fingerprint density at radius 1 is 1.38 bits per heavy atom. The predicted octanol–water partition coefficient (Wildman–Crippen LogP) is 3.44. The summed E-state index contributed by atoms with van der Waals surface area (Å²) in [4.78, 5) is 16.6. The number of hydrogen-bond acceptors (Lipinski definition) is 8. The minimum Gasteiger partial charge on any atom is -0.480 e. The fourth-order valence-electron chi connectivity index (χ4n) is 3.40. The average molecular weight is 438 g/mol. The Hall–Kier alpha value is -1.61. The van der Waals surface area contributed by atoms with Crippen LogP contribution in [0.25, 0.3) is 0 Å². The number of rotatable bonds is 6. The van der Waals surface area contributed by atoms with Crippen LogP contribution in [0.1, 0.15) is 38.1 Å². The Bertz CT molecular complexity index is 872. The summed E-state index contributed by atoms with van der Waals surface area (Å²) in [5.41, 5.74) is 7.66. The van der Waals surface area contributed by atoms with E-state index in [2.05, 4.69) is 23.7 Å². The fraction of sp³-hybridized carbons (Fsp3) is 0.550. The fourth-order valence-corrected chi connectivity index (χ4v) is 4.57. The lowest BCUT2D eigenvalue weighted by molar-refractivity contribution is 0.204. The van der Waals surface area contributed by atoms with Crippen LogP contribution in [-0.4, -0.2) is 46.3 Å². The quantitative estimate of drug-likeness (QED) is 0.709. The van der Waals surface area contributed by atoms with Crippen molar-refractivity contribution < 1.29 is 9.84 Å². The Balaban J connectivity index is 1.85. The number of methoxy groups -OCH3 is 1. The van der Waals surface area contributed by atoms with Crippen molar-refractivity contribution >= 4 is 29.2 Å². The average Bonchev–Trinajstić information content (AvgIpc) is 2.71. The van der Waals surface area contributed by atoms with Crippen molar-refractivity contribution in [3.63, 3.8) is 0 Å². The summed E-state index contributed by atoms with van der Waals surface area (Å²) < 4.78 is 5.18. The van der Waals surface area contributed by atoms with E-state index in [4.69, 9.17) is 32.0 Å². The van der Waals surface area contributed by atoms with Crippen LogP contribution in [-0.2, 0) is 6.61 Å². The van der Waals surface area contributed by atoms with Crippen LogP contribution in [0.4, 0.5) is 5.82 Å². The minimum atomic E-state index is -0.176. The molecule has 0 bridgehead atoms. The zero-order valence-corrected chi connectivity index (χ0v) is 18.8. The number of halogens is 1. The van der Waals surface area contributed by atoms with Gasteiger partial charge in [0.05, 0.1) is 19.4 Å². The minimum absolute atomic E-state index is 0.130. The number of aliphatic hydroxyl groups excluding tert-OH is 1. The standard InChI is InChI=1S/C20H28ClN5O2S/c1-12-19(29-15-5-8-23-18(28-4)16(15)21)25-14(11-27)17(24-12)26-9-6-20(3,7-10-26)13(2)22/h5,8,13,27H,6-7,9-11,22H2,1-4H3/t13-/m0/s1. The molecule has 0 spiro atoms. The maximum absolute atomic E-state index is 9.94. The number of aryl methyl sites for hydroxylation is 1. The maximum Gasteiger partial charge on any atom is 0.233 e. The monoisotopic (exact) mass is 437 g/mol. The van der Waals surface area contributed by atoms with Gasteiger partial charge in [0, 0.05) is 30.2 Å². The highest BCUT2D eigenvalue weighted by molar-refractivity contribution is 7.99. The molecule has 0 unspecified atom stereocenters. The Kier molecular flexibility index (Phi) is 6.88. The first-order valence-corrected chi connectivity index (χ1v) is 10.8. The van der Waals surface area contributed by atoms with Crippen molar-refractivity contribution in [3.05, 3.63) is 28.7 Å². The smallest absolute Gasteiger partial charge is 0.233 e. The molecule has 0 aliphatic carbocycles. The second-order valence-electron chi connectivity index (χ2n) is 7.71. The zero-order valence-electron chi connectivity index (χ0n) is 17.3. The summed E-state index contributed by atoms with van der Waals surface area (Å²) in [5, 5.41) is 11.1. The van der Waals surface area contributed by atoms with Gasteiger partial charge in [0.25, 0.3) is 0 Å². The van der Waals surface area contributed by atoms with Gasteiger partial charge in [0.1, 0.15) is 15.7 Å². The van der Waals surface area contributed by atoms with Gasteiger partial charge >= 0.3 is 0 Å². The molecule has 0 amide bonds. The number of anilines is 1. The first kappa shape index (κ1) is 22.1. The zero-order chi connectivity index (χ0) is 21.2. The van der Waals surface area contributed by atoms with Crippen molar-refractivity contribution in [1.29, 1.82) is 0 Å². The summed E-state index contributed by atoms with van der Waals surface area (Å²) in [7, 11) is 1.53. The molecular formula is C20H28ClN5O2S. The molecule has 1 saturated heterocycles. The lowest BCUT2D eigenvalue weighted by Gasteiger charge is -2.42. The van der Waals surface area contributed by atoms with Gasteiger partial charge in [-0.15, -0.1) is 0 Å². The van der Waals surface area contributed by atoms with Gasteiger partial charge in [-0.3, -0.25) is 0 Å². The SMILES string of the molecule is COc1nccc(Sc2nc(CO)c(N3CCC(C)([C@H](C)N)CC3)nc2C)c1Cl. The number of pyridine rings is 1. The second-order valence-corrected chi connectivity index (χ2v) is 9.12. The second kappa shape index (κ2) is 9.04. The summed E-state index contributed by atoms with van der Waals surface area (Å²) in [6.07, 6.45) is 3.61. The van der Waals surface area contributed by atoms with Crippen LogP contribution < -0.4 is 15.4 Å². The van der Waals surface area contributed by atoms with Crippen molar-refractivity contribution in [2.75, 3.05) is 25.1 Å². The molecule has 0 radical (unpaired) electrons. The van der Waals surface area contributed by atoms with Gasteiger partial charge in [-0.1, -0.05) is 30.3 Å². The highest BCUT2D eigenvalue weighted by Crippen LogP contribution is 2.39. The molecule has 2 aromatic rings. The van der Waals surface area contributed by atoms with Crippen molar-refractivity contribution in [1.82, 2.24) is 15.0 Å². The molecule has 9 heteroatoms. The molecule has 158 valence electrons. The molecule has 7 nitrogen and oxygen atoms in total. The molecule has 0 aromatic carbocycles. The van der Waals surface area contributed by atoms with Crippen LogP contribution in [0.5, 0.6) is 5.88 Å². The van der Waals surface area contributed by atoms with E-state index >= 15 is 0 Å². The van der Waals surface area contributed by atoms with Gasteiger partial charge < -0.3 is 20.5 Å². The van der Waals surface area contributed by atoms with E-state index in [0.29, 0.717) is 21.6 Å². The Labute approximate surface area is 181 Å². The van der Waals surface area contributed by atoms with Crippen LogP contribution in [0, 0.1) is 12.3 Å². The van der Waals surface area contributed by atoms with Crippen LogP contribution in [0.3, 0.4) is 0 Å². The molecule has 3 N–H and O–H groups in total. The van der Waals surface area contributed by atoms with Gasteiger partial charge in [-0.25, -0.2) is 15.0 Å². The Morgan fingerprint density at radius 3 is 2.66 bits per heavy atom. The van der Waals surface area contributed by atoms with Crippen LogP contribution in [0.15, 0.2) is 22.2 Å². The first-order chi connectivity index (χ1) is 13.8. The molecule has 1 aliphatic rings. The predicted molar refractivity (Wildman–Crippen MR) is 116 cm³/mol. The number of nitrogens with zero attached hydrogens (tertiary/aromatic N) is 4. The highest BCUT2D eigenvalue weighted by Gasteiger charge is 2.34. The number of nitrogens with two attached hydrogens (primary N) is 1. The van der Waals surface area contributed by atoms with E-state index in [1.165, 1.54) is 18.9 Å². The molecule has 2 aromatic heterocycles. The molecule has 1 atom stereocenters. The molecule has 1 fully saturated rings. The number of aromatic nitrogens is 3. The van der Waals surface area contributed by atoms with Gasteiger partial charge in [0.2, 0.25) is 5.88 Å². The first-order valence-electron chi connectivity index (χ1n) is 9.64. The third kappa shape index (κ3) is 4.60. The largest absolute Gasteiger partial charge is 0.480 e. The molecule has 29 heavy (non-hydrogen) atoms. The number of aliphatic hydroxyl groups is 1. The summed E-state index contributed by atoms with van der Waals surface area (Å²) in [6, 6.07) is 1.96. The summed E-state index contributed by atoms with van der Waals surface area (Å²) in [6.45, 7) is 7.75. The van der Waals surface area contributed by atoms with Crippen molar-refractivity contribution in [2.24, 2.45) is 11.1 Å². The molecule has 0 saturated carbocycles. The molecular weight excluding hydrogens is 410 g/mol. The van der Waals surface area contributed by atoms with Crippen LogP contribution in [0.2, 0.25) is 5.02 Å². The van der Waals surface area contributed by atoms with Gasteiger partial charge in [-0.05, 0) is 38.2 Å². The Morgan fingerprint density at radius 2 is 2.07 bits per heavy atom. The van der Waals surface area contributed by atoms with Crippen molar-refractivity contribution in [2.45, 2.75) is 56.2 Å². The molecule has 1 aliphatic heterocycles. The topological polar surface area (TPSA) is 97.4 Å². The van der Waals surface area contributed by atoms with E-state index in [-0.39, 0.29) is 18.1 Å². The van der Waals surface area contributed by atoms with E-state index in [9.17, 15) is 5.11 Å². The van der Waals surface area contributed by atoms with E-state index in [1.807, 2.05) is 13.0 Å². The number of ether oxygens (including phenoxy) is 1. The highest BCUT2D eigenvalue weighted by atomic mass is 35.5. The summed E-state index contributed by atoms with van der Waals surface area (Å²) in [5.74, 6) is 1.12. The van der Waals surface area contributed by atoms with E-state index < -0.39 is 0 Å². The lowest BCUT2D eigenvalue weighted by Crippen LogP contribution is -2.47. The van der Waals surface area contributed by atoms with Crippen molar-refractivity contribution in [3.8, 4) is 5.88 Å². The molecule has 3 rings (SSSR count). The third-order valence-corrected chi connectivity index (χ3v) is 7.37. The van der Waals surface area contributed by atoms with Gasteiger partial charge in [0.15, 0.2) is 5.82 Å². The summed E-state index contributed by atoms with van der Waals surface area (Å²) >= 11 is 7.75. The normalized spacial score (nSPS) is 17.3. The number of piperidine rings is 1. The van der Waals surface area contributed by atoms with E-state index in [1.54, 1.807) is 6.20 Å². The van der Waals surface area contributed by atoms with Gasteiger partial charge in [-0.2, -0.15) is 0 Å². The third-order valence-electron chi connectivity index (χ3n) is 5.75. The lowest BCUT2D eigenvalue weighted by atomic mass is 9.75. The van der Waals surface area contributed by atoms with Crippen LogP contribution >= 0.6 is 23.4 Å². The van der Waals surface area contributed by atoms with E-state index in [0.717, 1.165) is 42.3 Å². The number of hydrogen-bond donors (Lipinski definition) is 2. The maximum atomic E-state index is 9.94. The molecule has 3 heterocycles.